The molecule has 1 aliphatic heterocycles. The molecule has 152 valence electrons. The molecule has 0 aliphatic carbocycles. The molecule has 2 aromatic carbocycles. The Morgan fingerprint density at radius 1 is 1.23 bits per heavy atom. The molecular formula is C24H18N3O3S+. The van der Waals surface area contributed by atoms with Crippen LogP contribution in [-0.4, -0.2) is 18.9 Å². The van der Waals surface area contributed by atoms with Crippen LogP contribution in [0.25, 0.3) is 27.3 Å². The molecule has 1 aliphatic rings. The summed E-state index contributed by atoms with van der Waals surface area (Å²) in [6.45, 7) is 2.00. The maximum Gasteiger partial charge on any atom is 0.343 e. The van der Waals surface area contributed by atoms with Gasteiger partial charge in [0.15, 0.2) is 0 Å². The van der Waals surface area contributed by atoms with Gasteiger partial charge >= 0.3 is 10.6 Å². The summed E-state index contributed by atoms with van der Waals surface area (Å²) in [4.78, 5) is 27.8. The topological polar surface area (TPSA) is 78.2 Å². The van der Waals surface area contributed by atoms with E-state index in [1.165, 1.54) is 17.4 Å². The largest absolute Gasteiger partial charge is 0.422 e. The molecule has 6 nitrogen and oxygen atoms in total. The van der Waals surface area contributed by atoms with Crippen molar-refractivity contribution in [2.24, 2.45) is 7.05 Å². The number of thiazole rings is 1. The molecule has 0 N–H and O–H groups in total. The van der Waals surface area contributed by atoms with Crippen molar-refractivity contribution in [1.29, 1.82) is 5.26 Å². The molecule has 2 aromatic heterocycles. The molecule has 0 atom stereocenters. The summed E-state index contributed by atoms with van der Waals surface area (Å²) in [7, 11) is 1.79. The summed E-state index contributed by atoms with van der Waals surface area (Å²) in [5.74, 6) is -0.418. The lowest BCUT2D eigenvalue weighted by molar-refractivity contribution is -0.642. The zero-order chi connectivity index (χ0) is 21.5. The summed E-state index contributed by atoms with van der Waals surface area (Å²) in [5.41, 5.74) is 1.93. The lowest BCUT2D eigenvalue weighted by Crippen LogP contribution is -2.36. The molecule has 0 spiro atoms. The van der Waals surface area contributed by atoms with Gasteiger partial charge in [0.1, 0.15) is 29.0 Å². The van der Waals surface area contributed by atoms with Crippen LogP contribution < -0.4 is 15.1 Å². The number of aromatic nitrogens is 1. The van der Waals surface area contributed by atoms with Crippen molar-refractivity contribution in [1.82, 2.24) is 0 Å². The normalized spacial score (nSPS) is 13.9. The smallest absolute Gasteiger partial charge is 0.343 e. The molecular weight excluding hydrogens is 410 g/mol. The standard InChI is InChI=1S/C24H18N3O3S/c1-26-19-5-2-3-6-21(19)31-23(26)22(28)17(14-25)12-16-11-15-7-8-18(27-9-4-10-27)13-20(15)30-24(16)29/h2-3,5-8,11-13H,4,9-10H2,1H3/q+1/b17-12+. The number of allylic oxidation sites excluding steroid dienone is 1. The molecule has 0 saturated carbocycles. The number of anilines is 1. The lowest BCUT2D eigenvalue weighted by atomic mass is 10.1. The van der Waals surface area contributed by atoms with Crippen molar-refractivity contribution in [3.63, 3.8) is 0 Å². The van der Waals surface area contributed by atoms with Gasteiger partial charge in [0.25, 0.3) is 5.78 Å². The second kappa shape index (κ2) is 7.49. The Hall–Kier alpha value is -3.76. The SMILES string of the molecule is C[n+]1c(C(=O)/C(C#N)=C/c2cc3ccc(N4CCC4)cc3oc2=O)sc2ccccc21. The molecule has 5 rings (SSSR count). The number of para-hydroxylation sites is 1. The molecule has 1 fully saturated rings. The Labute approximate surface area is 181 Å². The number of carbonyl (C=O) groups excluding carboxylic acids is 1. The van der Waals surface area contributed by atoms with Gasteiger partial charge in [-0.25, -0.2) is 4.79 Å². The third-order valence-corrected chi connectivity index (χ3v) is 6.78. The molecule has 0 bridgehead atoms. The Morgan fingerprint density at radius 2 is 2.03 bits per heavy atom. The Balaban J connectivity index is 1.54. The van der Waals surface area contributed by atoms with Crippen LogP contribution in [0, 0.1) is 11.3 Å². The predicted octanol–water partition coefficient (Wildman–Crippen LogP) is 3.83. The second-order valence-electron chi connectivity index (χ2n) is 7.48. The van der Waals surface area contributed by atoms with Crippen LogP contribution in [-0.2, 0) is 7.05 Å². The van der Waals surface area contributed by atoms with Crippen LogP contribution in [0.3, 0.4) is 0 Å². The monoisotopic (exact) mass is 428 g/mol. The number of aryl methyl sites for hydroxylation is 1. The van der Waals surface area contributed by atoms with E-state index < -0.39 is 11.4 Å². The maximum absolute atomic E-state index is 13.1. The van der Waals surface area contributed by atoms with Crippen LogP contribution in [0.1, 0.15) is 21.8 Å². The van der Waals surface area contributed by atoms with Crippen LogP contribution in [0.2, 0.25) is 0 Å². The molecule has 31 heavy (non-hydrogen) atoms. The van der Waals surface area contributed by atoms with Crippen molar-refractivity contribution in [3.05, 3.63) is 75.1 Å². The Bertz CT molecular complexity index is 1490. The van der Waals surface area contributed by atoms with Gasteiger partial charge in [0.2, 0.25) is 5.52 Å². The van der Waals surface area contributed by atoms with Gasteiger partial charge in [0, 0.05) is 36.3 Å². The number of rotatable bonds is 4. The highest BCUT2D eigenvalue weighted by Gasteiger charge is 2.27. The van der Waals surface area contributed by atoms with Gasteiger partial charge in [-0.1, -0.05) is 23.5 Å². The molecule has 0 unspecified atom stereocenters. The number of hydrogen-bond acceptors (Lipinski definition) is 6. The van der Waals surface area contributed by atoms with Crippen LogP contribution in [0.5, 0.6) is 0 Å². The highest BCUT2D eigenvalue weighted by molar-refractivity contribution is 7.20. The minimum atomic E-state index is -0.575. The number of hydrogen-bond donors (Lipinski definition) is 0. The minimum absolute atomic E-state index is 0.106. The molecule has 0 amide bonds. The van der Waals surface area contributed by atoms with E-state index in [0.29, 0.717) is 10.6 Å². The van der Waals surface area contributed by atoms with Crippen LogP contribution >= 0.6 is 11.3 Å². The van der Waals surface area contributed by atoms with Crippen molar-refractivity contribution >= 4 is 50.1 Å². The zero-order valence-electron chi connectivity index (χ0n) is 16.8. The lowest BCUT2D eigenvalue weighted by Gasteiger charge is -2.33. The molecule has 7 heteroatoms. The molecule has 1 saturated heterocycles. The fraction of sp³-hybridized carbons (Fsp3) is 0.167. The van der Waals surface area contributed by atoms with E-state index in [1.807, 2.05) is 48.5 Å². The Morgan fingerprint density at radius 3 is 2.74 bits per heavy atom. The van der Waals surface area contributed by atoms with Crippen molar-refractivity contribution < 1.29 is 13.8 Å². The van der Waals surface area contributed by atoms with Gasteiger partial charge in [0.05, 0.1) is 5.56 Å². The molecule has 0 radical (unpaired) electrons. The first-order valence-electron chi connectivity index (χ1n) is 9.92. The second-order valence-corrected chi connectivity index (χ2v) is 8.52. The van der Waals surface area contributed by atoms with Gasteiger partial charge in [-0.15, -0.1) is 0 Å². The van der Waals surface area contributed by atoms with E-state index in [1.54, 1.807) is 17.7 Å². The highest BCUT2D eigenvalue weighted by Crippen LogP contribution is 2.26. The minimum Gasteiger partial charge on any atom is -0.422 e. The van der Waals surface area contributed by atoms with Crippen LogP contribution in [0.15, 0.2) is 63.3 Å². The van der Waals surface area contributed by atoms with E-state index in [4.69, 9.17) is 4.42 Å². The summed E-state index contributed by atoms with van der Waals surface area (Å²) in [6, 6.07) is 17.0. The average Bonchev–Trinajstić information content (AvgIpc) is 3.07. The quantitative estimate of drug-likeness (QED) is 0.162. The number of ketones is 1. The number of Topliss-reactive ketones (excluding diaryl/α,β-unsaturated/α-hetero) is 1. The summed E-state index contributed by atoms with van der Waals surface area (Å²) in [5, 5.41) is 10.8. The summed E-state index contributed by atoms with van der Waals surface area (Å²) >= 11 is 1.32. The van der Waals surface area contributed by atoms with E-state index in [2.05, 4.69) is 4.90 Å². The number of nitriles is 1. The summed E-state index contributed by atoms with van der Waals surface area (Å²) < 4.78 is 8.23. The third kappa shape index (κ3) is 3.31. The first-order chi connectivity index (χ1) is 15.0. The highest BCUT2D eigenvalue weighted by atomic mass is 32.1. The molecule has 4 aromatic rings. The number of benzene rings is 2. The fourth-order valence-corrected chi connectivity index (χ4v) is 4.81. The fourth-order valence-electron chi connectivity index (χ4n) is 3.71. The van der Waals surface area contributed by atoms with Gasteiger partial charge in [-0.05, 0) is 36.8 Å². The maximum atomic E-state index is 13.1. The molecule has 3 heterocycles. The Kier molecular flexibility index (Phi) is 4.64. The van der Waals surface area contributed by atoms with Gasteiger partial charge in [-0.2, -0.15) is 9.83 Å². The van der Waals surface area contributed by atoms with E-state index in [-0.39, 0.29) is 11.1 Å². The first kappa shape index (κ1) is 19.2. The zero-order valence-corrected chi connectivity index (χ0v) is 17.6. The van der Waals surface area contributed by atoms with Crippen molar-refractivity contribution in [2.45, 2.75) is 6.42 Å². The van der Waals surface area contributed by atoms with E-state index in [9.17, 15) is 14.9 Å². The van der Waals surface area contributed by atoms with Crippen LogP contribution in [0.4, 0.5) is 5.69 Å². The average molecular weight is 428 g/mol. The first-order valence-corrected chi connectivity index (χ1v) is 10.7. The third-order valence-electron chi connectivity index (χ3n) is 5.56. The number of carbonyl (C=O) groups is 1. The predicted molar refractivity (Wildman–Crippen MR) is 120 cm³/mol. The number of fused-ring (bicyclic) bond motifs is 2. The van der Waals surface area contributed by atoms with Gasteiger partial charge in [-0.3, -0.25) is 4.79 Å². The van der Waals surface area contributed by atoms with Gasteiger partial charge < -0.3 is 9.32 Å². The number of nitrogens with zero attached hydrogens (tertiary/aromatic N) is 3. The summed E-state index contributed by atoms with van der Waals surface area (Å²) in [6.07, 6.45) is 2.48. The van der Waals surface area contributed by atoms with E-state index >= 15 is 0 Å². The van der Waals surface area contributed by atoms with Crippen molar-refractivity contribution in [2.75, 3.05) is 18.0 Å². The van der Waals surface area contributed by atoms with E-state index in [0.717, 1.165) is 40.8 Å². The van der Waals surface area contributed by atoms with Crippen molar-refractivity contribution in [3.8, 4) is 6.07 Å².